The van der Waals surface area contributed by atoms with Crippen LogP contribution in [0.15, 0.2) is 15.3 Å². The van der Waals surface area contributed by atoms with Crippen LogP contribution in [0.1, 0.15) is 30.2 Å². The molecule has 3 heteroatoms. The smallest absolute Gasteiger partial charge is 0.340 e. The van der Waals surface area contributed by atoms with E-state index in [1.54, 1.807) is 0 Å². The Hall–Kier alpha value is -0.760. The highest BCUT2D eigenvalue weighted by atomic mass is 35.5. The van der Waals surface area contributed by atoms with Crippen LogP contribution in [0.25, 0.3) is 0 Å². The van der Waals surface area contributed by atoms with E-state index in [2.05, 4.69) is 6.92 Å². The molecule has 1 rings (SSSR count). The lowest BCUT2D eigenvalue weighted by molar-refractivity contribution is 0.466. The first-order valence-electron chi connectivity index (χ1n) is 4.37. The molecule has 0 bridgehead atoms. The molecule has 0 fully saturated rings. The molecule has 1 aromatic rings. The van der Waals surface area contributed by atoms with E-state index in [9.17, 15) is 4.79 Å². The number of hydrogen-bond donors (Lipinski definition) is 0. The molecule has 0 amide bonds. The lowest BCUT2D eigenvalue weighted by atomic mass is 10.1. The maximum absolute atomic E-state index is 11.2. The summed E-state index contributed by atoms with van der Waals surface area (Å²) in [5, 5.41) is 0. The molecule has 2 nitrogen and oxygen atoms in total. The number of rotatable bonds is 3. The zero-order valence-corrected chi connectivity index (χ0v) is 8.65. The van der Waals surface area contributed by atoms with Crippen LogP contribution in [0, 0.1) is 6.92 Å². The summed E-state index contributed by atoms with van der Waals surface area (Å²) in [4.78, 5) is 11.2. The van der Waals surface area contributed by atoms with Crippen molar-refractivity contribution in [2.75, 3.05) is 0 Å². The SMILES string of the molecule is CCCc1cc(CCl)c(=O)oc1C. The van der Waals surface area contributed by atoms with Crippen molar-refractivity contribution in [1.82, 2.24) is 0 Å². The van der Waals surface area contributed by atoms with Crippen molar-refractivity contribution < 1.29 is 4.42 Å². The van der Waals surface area contributed by atoms with Crippen molar-refractivity contribution >= 4 is 11.6 Å². The summed E-state index contributed by atoms with van der Waals surface area (Å²) in [6.07, 6.45) is 1.97. The second kappa shape index (κ2) is 4.47. The average molecular weight is 201 g/mol. The molecule has 0 saturated carbocycles. The minimum absolute atomic E-state index is 0.222. The first kappa shape index (κ1) is 10.3. The summed E-state index contributed by atoms with van der Waals surface area (Å²) in [5.74, 6) is 0.931. The number of halogens is 1. The van der Waals surface area contributed by atoms with Gasteiger partial charge in [-0.3, -0.25) is 0 Å². The van der Waals surface area contributed by atoms with Gasteiger partial charge in [0, 0.05) is 0 Å². The molecule has 0 radical (unpaired) electrons. The molecule has 0 atom stereocenters. The van der Waals surface area contributed by atoms with Crippen LogP contribution >= 0.6 is 11.6 Å². The second-order valence-electron chi connectivity index (χ2n) is 3.02. The third-order valence-corrected chi connectivity index (χ3v) is 2.26. The second-order valence-corrected chi connectivity index (χ2v) is 3.29. The standard InChI is InChI=1S/C10H13ClO2/c1-3-4-8-5-9(6-11)10(12)13-7(8)2/h5H,3-4,6H2,1-2H3. The zero-order chi connectivity index (χ0) is 9.84. The summed E-state index contributed by atoms with van der Waals surface area (Å²) in [6.45, 7) is 3.90. The first-order valence-corrected chi connectivity index (χ1v) is 4.91. The van der Waals surface area contributed by atoms with Crippen LogP contribution in [0.5, 0.6) is 0 Å². The Morgan fingerprint density at radius 1 is 1.46 bits per heavy atom. The molecule has 13 heavy (non-hydrogen) atoms. The van der Waals surface area contributed by atoms with E-state index in [0.29, 0.717) is 11.3 Å². The van der Waals surface area contributed by atoms with Crippen molar-refractivity contribution in [3.05, 3.63) is 33.4 Å². The molecule has 1 heterocycles. The van der Waals surface area contributed by atoms with Gasteiger partial charge in [0.2, 0.25) is 0 Å². The van der Waals surface area contributed by atoms with Crippen LogP contribution < -0.4 is 5.63 Å². The number of hydrogen-bond acceptors (Lipinski definition) is 2. The highest BCUT2D eigenvalue weighted by molar-refractivity contribution is 6.17. The highest BCUT2D eigenvalue weighted by Gasteiger charge is 2.05. The summed E-state index contributed by atoms with van der Waals surface area (Å²) >= 11 is 5.60. The normalized spacial score (nSPS) is 10.4. The summed E-state index contributed by atoms with van der Waals surface area (Å²) in [6, 6.07) is 1.84. The van der Waals surface area contributed by atoms with Gasteiger partial charge in [-0.2, -0.15) is 0 Å². The Morgan fingerprint density at radius 2 is 2.15 bits per heavy atom. The maximum Gasteiger partial charge on any atom is 0.340 e. The van der Waals surface area contributed by atoms with Gasteiger partial charge in [-0.15, -0.1) is 11.6 Å². The van der Waals surface area contributed by atoms with Gasteiger partial charge in [-0.1, -0.05) is 13.3 Å². The fraction of sp³-hybridized carbons (Fsp3) is 0.500. The fourth-order valence-corrected chi connectivity index (χ4v) is 1.44. The van der Waals surface area contributed by atoms with Gasteiger partial charge in [-0.05, 0) is 25.0 Å². The van der Waals surface area contributed by atoms with Crippen LogP contribution in [0.3, 0.4) is 0 Å². The maximum atomic E-state index is 11.2. The predicted octanol–water partition coefficient (Wildman–Crippen LogP) is 2.64. The third-order valence-electron chi connectivity index (χ3n) is 1.97. The number of alkyl halides is 1. The van der Waals surface area contributed by atoms with Crippen molar-refractivity contribution in [2.24, 2.45) is 0 Å². The van der Waals surface area contributed by atoms with Crippen molar-refractivity contribution in [3.8, 4) is 0 Å². The van der Waals surface area contributed by atoms with Crippen molar-refractivity contribution in [2.45, 2.75) is 32.6 Å². The Bertz CT molecular complexity index is 341. The molecule has 0 aromatic carbocycles. The fourth-order valence-electron chi connectivity index (χ4n) is 1.25. The Morgan fingerprint density at radius 3 is 2.69 bits per heavy atom. The van der Waals surface area contributed by atoms with Crippen LogP contribution in [-0.4, -0.2) is 0 Å². The monoisotopic (exact) mass is 200 g/mol. The summed E-state index contributed by atoms with van der Waals surface area (Å²) in [7, 11) is 0. The van der Waals surface area contributed by atoms with Gasteiger partial charge < -0.3 is 4.42 Å². The van der Waals surface area contributed by atoms with Crippen molar-refractivity contribution in [3.63, 3.8) is 0 Å². The first-order chi connectivity index (χ1) is 6.19. The predicted molar refractivity (Wildman–Crippen MR) is 53.3 cm³/mol. The van der Waals surface area contributed by atoms with E-state index in [0.717, 1.165) is 18.4 Å². The molecule has 0 saturated heterocycles. The molecule has 1 aromatic heterocycles. The van der Waals surface area contributed by atoms with Gasteiger partial charge in [0.1, 0.15) is 5.76 Å². The molecular weight excluding hydrogens is 188 g/mol. The lowest BCUT2D eigenvalue weighted by Crippen LogP contribution is -2.08. The Labute approximate surface area is 82.5 Å². The van der Waals surface area contributed by atoms with E-state index in [4.69, 9.17) is 16.0 Å². The van der Waals surface area contributed by atoms with Gasteiger partial charge in [0.05, 0.1) is 11.4 Å². The highest BCUT2D eigenvalue weighted by Crippen LogP contribution is 2.10. The molecule has 0 aliphatic heterocycles. The molecule has 0 spiro atoms. The molecule has 0 N–H and O–H groups in total. The number of aryl methyl sites for hydroxylation is 2. The molecule has 72 valence electrons. The van der Waals surface area contributed by atoms with Crippen LogP contribution in [-0.2, 0) is 12.3 Å². The Kier molecular flexibility index (Phi) is 3.55. The minimum Gasteiger partial charge on any atom is -0.428 e. The van der Waals surface area contributed by atoms with Gasteiger partial charge in [0.25, 0.3) is 0 Å². The quantitative estimate of drug-likeness (QED) is 0.703. The van der Waals surface area contributed by atoms with Crippen molar-refractivity contribution in [1.29, 1.82) is 0 Å². The van der Waals surface area contributed by atoms with Gasteiger partial charge >= 0.3 is 5.63 Å². The van der Waals surface area contributed by atoms with Gasteiger partial charge in [-0.25, -0.2) is 4.79 Å². The van der Waals surface area contributed by atoms with Crippen LogP contribution in [0.2, 0.25) is 0 Å². The molecule has 0 aliphatic carbocycles. The van der Waals surface area contributed by atoms with Crippen LogP contribution in [0.4, 0.5) is 0 Å². The average Bonchev–Trinajstić information content (AvgIpc) is 2.10. The topological polar surface area (TPSA) is 30.2 Å². The summed E-state index contributed by atoms with van der Waals surface area (Å²) in [5.41, 5.74) is 1.32. The van der Waals surface area contributed by atoms with Gasteiger partial charge in [0.15, 0.2) is 0 Å². The third kappa shape index (κ3) is 2.34. The molecule has 0 unspecified atom stereocenters. The largest absolute Gasteiger partial charge is 0.428 e. The van der Waals surface area contributed by atoms with E-state index < -0.39 is 0 Å². The Balaban J connectivity index is 3.14. The molecule has 0 aliphatic rings. The van der Waals surface area contributed by atoms with E-state index in [1.807, 2.05) is 13.0 Å². The molecular formula is C10H13ClO2. The minimum atomic E-state index is -0.313. The summed E-state index contributed by atoms with van der Waals surface area (Å²) < 4.78 is 5.04. The van der Waals surface area contributed by atoms with E-state index in [1.165, 1.54) is 0 Å². The van der Waals surface area contributed by atoms with E-state index in [-0.39, 0.29) is 11.5 Å². The zero-order valence-electron chi connectivity index (χ0n) is 7.89. The van der Waals surface area contributed by atoms with E-state index >= 15 is 0 Å². The lowest BCUT2D eigenvalue weighted by Gasteiger charge is -2.03.